The Hall–Kier alpha value is -4.86. The fourth-order valence-electron chi connectivity index (χ4n) is 4.49. The fourth-order valence-corrected chi connectivity index (χ4v) is 4.49. The van der Waals surface area contributed by atoms with Gasteiger partial charge in [0.25, 0.3) is 5.91 Å². The van der Waals surface area contributed by atoms with Crippen molar-refractivity contribution in [3.8, 4) is 5.82 Å². The average molecular weight is 464 g/mol. The maximum absolute atomic E-state index is 12.7. The molecule has 2 amide bonds. The molecule has 10 nitrogen and oxygen atoms in total. The molecule has 3 N–H and O–H groups in total. The number of aromatic nitrogens is 6. The lowest BCUT2D eigenvalue weighted by Crippen LogP contribution is -2.25. The van der Waals surface area contributed by atoms with Crippen LogP contribution in [-0.4, -0.2) is 41.5 Å². The molecular formula is C25H20N8O2. The molecule has 4 heterocycles. The number of aryl methyl sites for hydroxylation is 1. The third-order valence-electron chi connectivity index (χ3n) is 6.11. The van der Waals surface area contributed by atoms with Crippen LogP contribution in [0.4, 0.5) is 11.5 Å². The van der Waals surface area contributed by atoms with Crippen LogP contribution in [0.25, 0.3) is 17.0 Å². The van der Waals surface area contributed by atoms with Gasteiger partial charge in [0.05, 0.1) is 12.0 Å². The number of fused-ring (bicyclic) bond motifs is 2. The number of amides is 2. The summed E-state index contributed by atoms with van der Waals surface area (Å²) in [6.45, 7) is 1.92. The van der Waals surface area contributed by atoms with E-state index in [0.717, 1.165) is 16.8 Å². The molecule has 172 valence electrons. The van der Waals surface area contributed by atoms with Crippen molar-refractivity contribution in [2.24, 2.45) is 0 Å². The van der Waals surface area contributed by atoms with Gasteiger partial charge < -0.3 is 15.6 Å². The zero-order valence-electron chi connectivity index (χ0n) is 18.7. The SMILES string of the molecule is Cc1nn(-c2ncnc3nc[nH]c23)c2c1[C@H](c1ccc(NC(=O)c3ccccc3)cc1)CC(=O)N2. The summed E-state index contributed by atoms with van der Waals surface area (Å²) in [6.07, 6.45) is 3.26. The fraction of sp³-hybridized carbons (Fsp3) is 0.120. The molecule has 1 aliphatic heterocycles. The van der Waals surface area contributed by atoms with E-state index >= 15 is 0 Å². The van der Waals surface area contributed by atoms with E-state index in [1.165, 1.54) is 6.33 Å². The number of carbonyl (C=O) groups excluding carboxylic acids is 2. The van der Waals surface area contributed by atoms with Crippen LogP contribution < -0.4 is 10.6 Å². The standard InChI is InChI=1S/C25H20N8O2/c1-14-20-18(15-7-9-17(10-8-15)30-25(35)16-5-3-2-4-6-16)11-19(34)31-23(20)33(32-14)24-21-22(27-12-26-21)28-13-29-24/h2-10,12-13,18H,11H2,1H3,(H,30,35)(H,31,34)(H,26,27,28,29)/t18-/m0/s1. The molecule has 6 rings (SSSR count). The first-order valence-corrected chi connectivity index (χ1v) is 11.1. The van der Waals surface area contributed by atoms with Crippen molar-refractivity contribution in [1.82, 2.24) is 29.7 Å². The van der Waals surface area contributed by atoms with Crippen LogP contribution in [0, 0.1) is 6.92 Å². The topological polar surface area (TPSA) is 130 Å². The monoisotopic (exact) mass is 464 g/mol. The predicted molar refractivity (Wildman–Crippen MR) is 129 cm³/mol. The largest absolute Gasteiger partial charge is 0.340 e. The molecule has 2 aromatic carbocycles. The van der Waals surface area contributed by atoms with E-state index in [9.17, 15) is 9.59 Å². The van der Waals surface area contributed by atoms with Crippen molar-refractivity contribution in [3.63, 3.8) is 0 Å². The van der Waals surface area contributed by atoms with Gasteiger partial charge in [-0.2, -0.15) is 9.78 Å². The second-order valence-corrected chi connectivity index (χ2v) is 8.30. The van der Waals surface area contributed by atoms with Gasteiger partial charge in [-0.25, -0.2) is 15.0 Å². The lowest BCUT2D eigenvalue weighted by molar-refractivity contribution is -0.116. The number of aromatic amines is 1. The molecule has 0 fully saturated rings. The van der Waals surface area contributed by atoms with Gasteiger partial charge >= 0.3 is 0 Å². The highest BCUT2D eigenvalue weighted by Gasteiger charge is 2.33. The Bertz CT molecular complexity index is 1570. The Kier molecular flexibility index (Phi) is 4.84. The van der Waals surface area contributed by atoms with Crippen LogP contribution in [0.1, 0.15) is 39.5 Å². The van der Waals surface area contributed by atoms with Crippen LogP contribution in [0.3, 0.4) is 0 Å². The molecule has 5 aromatic rings. The Labute approximate surface area is 199 Å². The number of H-pyrrole nitrogens is 1. The molecule has 3 aromatic heterocycles. The highest BCUT2D eigenvalue weighted by atomic mass is 16.2. The molecule has 0 saturated carbocycles. The summed E-state index contributed by atoms with van der Waals surface area (Å²) in [7, 11) is 0. The van der Waals surface area contributed by atoms with Crippen molar-refractivity contribution in [2.75, 3.05) is 10.6 Å². The number of nitrogens with zero attached hydrogens (tertiary/aromatic N) is 5. The van der Waals surface area contributed by atoms with Crippen LogP contribution in [-0.2, 0) is 4.79 Å². The Morgan fingerprint density at radius 3 is 2.66 bits per heavy atom. The highest BCUT2D eigenvalue weighted by Crippen LogP contribution is 2.40. The molecular weight excluding hydrogens is 444 g/mol. The molecule has 0 spiro atoms. The van der Waals surface area contributed by atoms with Crippen molar-refractivity contribution in [1.29, 1.82) is 0 Å². The van der Waals surface area contributed by atoms with E-state index in [-0.39, 0.29) is 17.7 Å². The van der Waals surface area contributed by atoms with Gasteiger partial charge in [0.15, 0.2) is 11.5 Å². The Morgan fingerprint density at radius 2 is 1.86 bits per heavy atom. The average Bonchev–Trinajstić information content (AvgIpc) is 3.49. The van der Waals surface area contributed by atoms with E-state index in [0.29, 0.717) is 40.5 Å². The van der Waals surface area contributed by atoms with Crippen LogP contribution in [0.2, 0.25) is 0 Å². The molecule has 1 aliphatic rings. The zero-order chi connectivity index (χ0) is 23.9. The van der Waals surface area contributed by atoms with E-state index in [2.05, 4.69) is 30.6 Å². The molecule has 0 radical (unpaired) electrons. The summed E-state index contributed by atoms with van der Waals surface area (Å²) in [5.41, 5.74) is 5.09. The Morgan fingerprint density at radius 1 is 1.06 bits per heavy atom. The first-order chi connectivity index (χ1) is 17.1. The van der Waals surface area contributed by atoms with Gasteiger partial charge in [-0.05, 0) is 36.8 Å². The van der Waals surface area contributed by atoms with Crippen molar-refractivity contribution in [3.05, 3.63) is 89.6 Å². The Balaban J connectivity index is 1.34. The molecule has 1 atom stereocenters. The van der Waals surface area contributed by atoms with Gasteiger partial charge in [-0.3, -0.25) is 9.59 Å². The van der Waals surface area contributed by atoms with Gasteiger partial charge in [0.2, 0.25) is 5.91 Å². The van der Waals surface area contributed by atoms with E-state index in [1.54, 1.807) is 23.1 Å². The minimum absolute atomic E-state index is 0.111. The normalized spacial score (nSPS) is 15.0. The molecule has 0 unspecified atom stereocenters. The summed E-state index contributed by atoms with van der Waals surface area (Å²) in [5, 5.41) is 10.6. The number of carbonyl (C=O) groups is 2. The molecule has 0 aliphatic carbocycles. The number of rotatable bonds is 4. The number of benzene rings is 2. The second-order valence-electron chi connectivity index (χ2n) is 8.30. The van der Waals surface area contributed by atoms with E-state index < -0.39 is 0 Å². The van der Waals surface area contributed by atoms with E-state index in [4.69, 9.17) is 5.10 Å². The minimum atomic E-state index is -0.189. The first-order valence-electron chi connectivity index (χ1n) is 11.1. The first kappa shape index (κ1) is 20.7. The summed E-state index contributed by atoms with van der Waals surface area (Å²) >= 11 is 0. The van der Waals surface area contributed by atoms with Gasteiger partial charge in [-0.1, -0.05) is 30.3 Å². The van der Waals surface area contributed by atoms with Crippen LogP contribution >= 0.6 is 0 Å². The number of hydrogen-bond donors (Lipinski definition) is 3. The number of nitrogens with one attached hydrogen (secondary N) is 3. The highest BCUT2D eigenvalue weighted by molar-refractivity contribution is 6.04. The smallest absolute Gasteiger partial charge is 0.255 e. The molecule has 35 heavy (non-hydrogen) atoms. The number of anilines is 2. The third-order valence-corrected chi connectivity index (χ3v) is 6.11. The summed E-state index contributed by atoms with van der Waals surface area (Å²) in [5.74, 6) is 0.617. The zero-order valence-corrected chi connectivity index (χ0v) is 18.7. The second kappa shape index (κ2) is 8.17. The van der Waals surface area contributed by atoms with Crippen LogP contribution in [0.5, 0.6) is 0 Å². The van der Waals surface area contributed by atoms with Gasteiger partial charge in [-0.15, -0.1) is 0 Å². The van der Waals surface area contributed by atoms with Crippen molar-refractivity contribution in [2.45, 2.75) is 19.3 Å². The van der Waals surface area contributed by atoms with Crippen molar-refractivity contribution >= 4 is 34.5 Å². The maximum Gasteiger partial charge on any atom is 0.255 e. The molecule has 10 heteroatoms. The summed E-state index contributed by atoms with van der Waals surface area (Å²) in [4.78, 5) is 41.0. The van der Waals surface area contributed by atoms with Gasteiger partial charge in [0, 0.05) is 29.2 Å². The molecule has 0 bridgehead atoms. The quantitative estimate of drug-likeness (QED) is 0.373. The summed E-state index contributed by atoms with van der Waals surface area (Å²) in [6, 6.07) is 16.6. The summed E-state index contributed by atoms with van der Waals surface area (Å²) < 4.78 is 1.63. The van der Waals surface area contributed by atoms with Crippen molar-refractivity contribution < 1.29 is 9.59 Å². The molecule has 0 saturated heterocycles. The lowest BCUT2D eigenvalue weighted by atomic mass is 9.86. The van der Waals surface area contributed by atoms with Crippen LogP contribution in [0.15, 0.2) is 67.3 Å². The minimum Gasteiger partial charge on any atom is -0.340 e. The predicted octanol–water partition coefficient (Wildman–Crippen LogP) is 3.57. The number of imidazole rings is 1. The number of hydrogen-bond acceptors (Lipinski definition) is 6. The third kappa shape index (κ3) is 3.61. The lowest BCUT2D eigenvalue weighted by Gasteiger charge is -2.24. The maximum atomic E-state index is 12.7. The van der Waals surface area contributed by atoms with Gasteiger partial charge in [0.1, 0.15) is 17.7 Å². The van der Waals surface area contributed by atoms with E-state index in [1.807, 2.05) is 49.4 Å².